The lowest BCUT2D eigenvalue weighted by molar-refractivity contribution is -0.126. The molecule has 2 aliphatic rings. The van der Waals surface area contributed by atoms with Crippen LogP contribution in [0.15, 0.2) is 37.0 Å². The molecule has 3 aromatic rings. The Labute approximate surface area is 239 Å². The zero-order chi connectivity index (χ0) is 29.1. The molecule has 0 bridgehead atoms. The summed E-state index contributed by atoms with van der Waals surface area (Å²) in [4.78, 5) is 38.9. The van der Waals surface area contributed by atoms with Crippen LogP contribution in [-0.2, 0) is 11.3 Å². The normalized spacial score (nSPS) is 16.8. The van der Waals surface area contributed by atoms with E-state index in [9.17, 15) is 14.7 Å². The number of piperazine rings is 1. The van der Waals surface area contributed by atoms with Crippen LogP contribution in [-0.4, -0.2) is 104 Å². The second-order valence-electron chi connectivity index (χ2n) is 11.0. The molecule has 12 nitrogen and oxygen atoms in total. The molecule has 41 heavy (non-hydrogen) atoms. The first-order valence-corrected chi connectivity index (χ1v) is 14.1. The molecular formula is C29H38N8O4. The molecule has 4 heterocycles. The van der Waals surface area contributed by atoms with Gasteiger partial charge in [0.2, 0.25) is 5.95 Å². The summed E-state index contributed by atoms with van der Waals surface area (Å²) in [6.45, 7) is 11.9. The van der Waals surface area contributed by atoms with E-state index < -0.39 is 6.09 Å². The quantitative estimate of drug-likeness (QED) is 0.398. The van der Waals surface area contributed by atoms with Gasteiger partial charge in [-0.2, -0.15) is 19.6 Å². The van der Waals surface area contributed by atoms with Crippen molar-refractivity contribution in [1.29, 1.82) is 0 Å². The second-order valence-corrected chi connectivity index (χ2v) is 11.0. The summed E-state index contributed by atoms with van der Waals surface area (Å²) in [5.74, 6) is 0.575. The number of carboxylic acid groups (broad SMARTS) is 1. The zero-order valence-corrected chi connectivity index (χ0v) is 23.9. The summed E-state index contributed by atoms with van der Waals surface area (Å²) < 4.78 is 7.95. The minimum Gasteiger partial charge on any atom is -0.465 e. The third-order valence-corrected chi connectivity index (χ3v) is 7.76. The molecule has 0 aliphatic carbocycles. The Morgan fingerprint density at radius 2 is 1.80 bits per heavy atom. The first-order valence-electron chi connectivity index (χ1n) is 14.1. The lowest BCUT2D eigenvalue weighted by atomic mass is 10.0. The van der Waals surface area contributed by atoms with Crippen molar-refractivity contribution in [3.8, 4) is 6.01 Å². The number of anilines is 1. The van der Waals surface area contributed by atoms with E-state index in [1.54, 1.807) is 9.42 Å². The van der Waals surface area contributed by atoms with Crippen LogP contribution in [0.3, 0.4) is 0 Å². The monoisotopic (exact) mass is 562 g/mol. The number of hydrogen-bond donors (Lipinski definition) is 2. The Hall–Kier alpha value is -4.19. The van der Waals surface area contributed by atoms with Crippen LogP contribution in [0.1, 0.15) is 49.3 Å². The van der Waals surface area contributed by atoms with Gasteiger partial charge >= 0.3 is 12.1 Å². The van der Waals surface area contributed by atoms with E-state index >= 15 is 0 Å². The SMILES string of the molecule is C=C(C(=O)N1CCN(C(=O)O)CC1)c1cccc(CNc2nc(OC3CCN(C)CC3)nc3c(C(C)C)cnn23)c1. The fourth-order valence-corrected chi connectivity index (χ4v) is 5.17. The minimum atomic E-state index is -0.965. The van der Waals surface area contributed by atoms with Gasteiger partial charge in [-0.05, 0) is 43.0 Å². The molecule has 0 unspecified atom stereocenters. The van der Waals surface area contributed by atoms with Crippen molar-refractivity contribution < 1.29 is 19.4 Å². The van der Waals surface area contributed by atoms with Gasteiger partial charge in [-0.1, -0.05) is 38.6 Å². The Bertz CT molecular complexity index is 1420. The molecule has 2 fully saturated rings. The van der Waals surface area contributed by atoms with Crippen molar-refractivity contribution in [2.75, 3.05) is 51.6 Å². The number of amides is 2. The third-order valence-electron chi connectivity index (χ3n) is 7.76. The van der Waals surface area contributed by atoms with Crippen LogP contribution in [0.25, 0.3) is 11.2 Å². The summed E-state index contributed by atoms with van der Waals surface area (Å²) in [6.07, 6.45) is 2.78. The summed E-state index contributed by atoms with van der Waals surface area (Å²) in [7, 11) is 2.12. The van der Waals surface area contributed by atoms with Crippen molar-refractivity contribution in [2.24, 2.45) is 0 Å². The standard InChI is InChI=1S/C29H38N8O4/c1-19(2)24-18-31-37-25(24)32-28(41-23-8-10-34(4)11-9-23)33-27(37)30-17-21-6-5-7-22(16-21)20(3)26(38)35-12-14-36(15-13-35)29(39)40/h5-7,16,18-19,23H,3,8-15,17H2,1-2,4H3,(H,39,40)(H,30,32,33). The van der Waals surface area contributed by atoms with Crippen molar-refractivity contribution in [1.82, 2.24) is 34.3 Å². The number of ether oxygens (including phenoxy) is 1. The lowest BCUT2D eigenvalue weighted by Gasteiger charge is -2.33. The van der Waals surface area contributed by atoms with Crippen LogP contribution < -0.4 is 10.1 Å². The van der Waals surface area contributed by atoms with Crippen LogP contribution >= 0.6 is 0 Å². The van der Waals surface area contributed by atoms with Crippen molar-refractivity contribution in [2.45, 2.75) is 45.3 Å². The van der Waals surface area contributed by atoms with E-state index in [-0.39, 0.29) is 17.9 Å². The lowest BCUT2D eigenvalue weighted by Crippen LogP contribution is -2.50. The van der Waals surface area contributed by atoms with E-state index in [0.29, 0.717) is 50.3 Å². The Morgan fingerprint density at radius 1 is 1.10 bits per heavy atom. The Morgan fingerprint density at radius 3 is 2.49 bits per heavy atom. The fraction of sp³-hybridized carbons (Fsp3) is 0.483. The molecule has 5 rings (SSSR count). The van der Waals surface area contributed by atoms with Crippen molar-refractivity contribution >= 4 is 29.2 Å². The van der Waals surface area contributed by atoms with E-state index in [0.717, 1.165) is 48.3 Å². The number of rotatable bonds is 8. The maximum atomic E-state index is 13.1. The topological polar surface area (TPSA) is 128 Å². The maximum Gasteiger partial charge on any atom is 0.407 e. The molecule has 12 heteroatoms. The van der Waals surface area contributed by atoms with Gasteiger partial charge in [-0.25, -0.2) is 4.79 Å². The molecule has 0 atom stereocenters. The van der Waals surface area contributed by atoms with Crippen molar-refractivity contribution in [3.05, 3.63) is 53.7 Å². The second kappa shape index (κ2) is 12.1. The van der Waals surface area contributed by atoms with Gasteiger partial charge < -0.3 is 29.9 Å². The first kappa shape index (κ1) is 28.3. The molecule has 2 aromatic heterocycles. The summed E-state index contributed by atoms with van der Waals surface area (Å²) in [5, 5.41) is 17.1. The molecule has 0 spiro atoms. The van der Waals surface area contributed by atoms with Crippen LogP contribution in [0.5, 0.6) is 6.01 Å². The smallest absolute Gasteiger partial charge is 0.407 e. The van der Waals surface area contributed by atoms with Crippen LogP contribution in [0.4, 0.5) is 10.7 Å². The molecule has 0 radical (unpaired) electrons. The van der Waals surface area contributed by atoms with Crippen LogP contribution in [0, 0.1) is 0 Å². The number of likely N-dealkylation sites (tertiary alicyclic amines) is 1. The van der Waals surface area contributed by atoms with Gasteiger partial charge in [0.1, 0.15) is 6.10 Å². The predicted octanol–water partition coefficient (Wildman–Crippen LogP) is 3.17. The summed E-state index contributed by atoms with van der Waals surface area (Å²) in [5.41, 5.74) is 3.77. The van der Waals surface area contributed by atoms with Gasteiger partial charge in [0.15, 0.2) is 5.65 Å². The average molecular weight is 563 g/mol. The summed E-state index contributed by atoms with van der Waals surface area (Å²) in [6, 6.07) is 7.99. The highest BCUT2D eigenvalue weighted by Crippen LogP contribution is 2.25. The molecule has 2 saturated heterocycles. The molecular weight excluding hydrogens is 524 g/mol. The van der Waals surface area contributed by atoms with Gasteiger partial charge in [0, 0.05) is 56.9 Å². The minimum absolute atomic E-state index is 0.0688. The molecule has 1 aromatic carbocycles. The number of benzene rings is 1. The molecule has 2 aliphatic heterocycles. The molecule has 218 valence electrons. The number of piperidine rings is 1. The Balaban J connectivity index is 1.30. The van der Waals surface area contributed by atoms with Crippen molar-refractivity contribution in [3.63, 3.8) is 0 Å². The molecule has 2 amide bonds. The van der Waals surface area contributed by atoms with E-state index in [2.05, 4.69) is 47.8 Å². The predicted molar refractivity (Wildman–Crippen MR) is 155 cm³/mol. The Kier molecular flexibility index (Phi) is 8.39. The highest BCUT2D eigenvalue weighted by Gasteiger charge is 2.26. The first-order chi connectivity index (χ1) is 19.7. The highest BCUT2D eigenvalue weighted by molar-refractivity contribution is 6.18. The fourth-order valence-electron chi connectivity index (χ4n) is 5.17. The van der Waals surface area contributed by atoms with E-state index in [1.807, 2.05) is 30.5 Å². The number of hydrogen-bond acceptors (Lipinski definition) is 8. The van der Waals surface area contributed by atoms with Gasteiger partial charge in [-0.3, -0.25) is 4.79 Å². The number of carbonyl (C=O) groups excluding carboxylic acids is 1. The number of carbonyl (C=O) groups is 2. The average Bonchev–Trinajstić information content (AvgIpc) is 3.41. The number of nitrogens with one attached hydrogen (secondary N) is 1. The van der Waals surface area contributed by atoms with Gasteiger partial charge in [0.05, 0.1) is 6.20 Å². The summed E-state index contributed by atoms with van der Waals surface area (Å²) >= 11 is 0. The highest BCUT2D eigenvalue weighted by atomic mass is 16.5. The van der Waals surface area contributed by atoms with E-state index in [1.165, 1.54) is 4.90 Å². The molecule has 2 N–H and O–H groups in total. The molecule has 0 saturated carbocycles. The number of nitrogens with zero attached hydrogens (tertiary/aromatic N) is 7. The number of aromatic nitrogens is 4. The van der Waals surface area contributed by atoms with Crippen LogP contribution in [0.2, 0.25) is 0 Å². The largest absolute Gasteiger partial charge is 0.465 e. The maximum absolute atomic E-state index is 13.1. The van der Waals surface area contributed by atoms with Gasteiger partial charge in [-0.15, -0.1) is 0 Å². The zero-order valence-electron chi connectivity index (χ0n) is 23.9. The van der Waals surface area contributed by atoms with Gasteiger partial charge in [0.25, 0.3) is 5.91 Å². The number of fused-ring (bicyclic) bond motifs is 1. The third kappa shape index (κ3) is 6.43. The van der Waals surface area contributed by atoms with E-state index in [4.69, 9.17) is 9.72 Å².